The predicted octanol–water partition coefficient (Wildman–Crippen LogP) is 2.99. The summed E-state index contributed by atoms with van der Waals surface area (Å²) in [7, 11) is 0. The number of unbranched alkanes of at least 4 members (excludes halogenated alkanes) is 2. The number of carbonyl (C=O) groups is 3. The molecule has 0 aromatic heterocycles. The molecule has 3 amide bonds. The maximum absolute atomic E-state index is 13.4. The largest absolute Gasteiger partial charge is 0.444 e. The lowest BCUT2D eigenvalue weighted by Gasteiger charge is -2.33. The number of alkyl carbamates (subject to hydrolysis) is 1. The van der Waals surface area contributed by atoms with Crippen molar-refractivity contribution >= 4 is 30.5 Å². The Kier molecular flexibility index (Phi) is 12.3. The Morgan fingerprint density at radius 2 is 1.79 bits per heavy atom. The molecule has 1 aromatic carbocycles. The number of aliphatic hydroxyl groups is 1. The summed E-state index contributed by atoms with van der Waals surface area (Å²) in [4.78, 5) is 40.2. The third kappa shape index (κ3) is 10.0. The quantitative estimate of drug-likeness (QED) is 0.271. The summed E-state index contributed by atoms with van der Waals surface area (Å²) in [5.41, 5.74) is 0.897. The highest BCUT2D eigenvalue weighted by molar-refractivity contribution is 7.80. The minimum atomic E-state index is -1.03. The second-order valence-corrected chi connectivity index (χ2v) is 9.31. The van der Waals surface area contributed by atoms with E-state index in [-0.39, 0.29) is 24.8 Å². The molecule has 0 aliphatic rings. The molecule has 33 heavy (non-hydrogen) atoms. The minimum absolute atomic E-state index is 0.00125. The number of ether oxygens (including phenoxy) is 1. The molecule has 0 radical (unpaired) electrons. The van der Waals surface area contributed by atoms with Crippen molar-refractivity contribution in [2.24, 2.45) is 0 Å². The third-order valence-electron chi connectivity index (χ3n) is 4.83. The van der Waals surface area contributed by atoms with Gasteiger partial charge in [-0.3, -0.25) is 9.59 Å². The van der Waals surface area contributed by atoms with Crippen LogP contribution in [0.5, 0.6) is 0 Å². The molecule has 0 bridgehead atoms. The first kappa shape index (κ1) is 28.8. The van der Waals surface area contributed by atoms with E-state index >= 15 is 0 Å². The molecule has 0 aliphatic heterocycles. The Morgan fingerprint density at radius 1 is 1.15 bits per heavy atom. The SMILES string of the molecule is CCCCCNC(=O)C(c1ccc(C)cc1)N(CCO)C(=O)C(CS)NC(=O)OC(C)(C)C. The summed E-state index contributed by atoms with van der Waals surface area (Å²) in [5.74, 6) is -0.871. The van der Waals surface area contributed by atoms with Crippen LogP contribution in [0.3, 0.4) is 0 Å². The zero-order valence-corrected chi connectivity index (χ0v) is 21.3. The van der Waals surface area contributed by atoms with E-state index in [2.05, 4.69) is 30.2 Å². The first-order valence-electron chi connectivity index (χ1n) is 11.4. The van der Waals surface area contributed by atoms with Gasteiger partial charge in [0.1, 0.15) is 17.7 Å². The van der Waals surface area contributed by atoms with Gasteiger partial charge < -0.3 is 25.4 Å². The molecule has 0 saturated heterocycles. The van der Waals surface area contributed by atoms with Crippen molar-refractivity contribution in [2.45, 2.75) is 71.6 Å². The van der Waals surface area contributed by atoms with E-state index in [9.17, 15) is 19.5 Å². The Hall–Kier alpha value is -2.26. The summed E-state index contributed by atoms with van der Waals surface area (Å²) in [6.07, 6.45) is 2.08. The second-order valence-electron chi connectivity index (χ2n) is 8.95. The first-order chi connectivity index (χ1) is 15.5. The van der Waals surface area contributed by atoms with E-state index in [1.165, 1.54) is 4.90 Å². The van der Waals surface area contributed by atoms with Crippen molar-refractivity contribution in [2.75, 3.05) is 25.4 Å². The van der Waals surface area contributed by atoms with Crippen LogP contribution in [-0.2, 0) is 14.3 Å². The first-order valence-corrected chi connectivity index (χ1v) is 12.0. The van der Waals surface area contributed by atoms with Crippen LogP contribution < -0.4 is 10.6 Å². The van der Waals surface area contributed by atoms with Crippen molar-refractivity contribution < 1.29 is 24.2 Å². The molecule has 2 unspecified atom stereocenters. The summed E-state index contributed by atoms with van der Waals surface area (Å²) in [5, 5.41) is 15.1. The van der Waals surface area contributed by atoms with Crippen molar-refractivity contribution in [3.05, 3.63) is 35.4 Å². The van der Waals surface area contributed by atoms with Crippen molar-refractivity contribution in [1.82, 2.24) is 15.5 Å². The molecule has 0 saturated carbocycles. The van der Waals surface area contributed by atoms with Crippen LogP contribution >= 0.6 is 12.6 Å². The summed E-state index contributed by atoms with van der Waals surface area (Å²) < 4.78 is 5.26. The van der Waals surface area contributed by atoms with Gasteiger partial charge in [0.05, 0.1) is 6.61 Å². The molecule has 0 spiro atoms. The zero-order valence-electron chi connectivity index (χ0n) is 20.4. The molecule has 186 valence electrons. The highest BCUT2D eigenvalue weighted by Crippen LogP contribution is 2.23. The van der Waals surface area contributed by atoms with Crippen LogP contribution in [0.25, 0.3) is 0 Å². The van der Waals surface area contributed by atoms with E-state index in [0.29, 0.717) is 12.1 Å². The van der Waals surface area contributed by atoms with E-state index in [1.807, 2.05) is 19.1 Å². The summed E-state index contributed by atoms with van der Waals surface area (Å²) in [6, 6.07) is 5.32. The number of carbonyl (C=O) groups excluding carboxylic acids is 3. The summed E-state index contributed by atoms with van der Waals surface area (Å²) in [6.45, 7) is 9.23. The normalized spacial score (nSPS) is 13.1. The minimum Gasteiger partial charge on any atom is -0.444 e. The second kappa shape index (κ2) is 14.1. The predicted molar refractivity (Wildman–Crippen MR) is 132 cm³/mol. The number of rotatable bonds is 12. The monoisotopic (exact) mass is 481 g/mol. The molecular formula is C24H39N3O5S. The lowest BCUT2D eigenvalue weighted by Crippen LogP contribution is -2.54. The Morgan fingerprint density at radius 3 is 2.30 bits per heavy atom. The van der Waals surface area contributed by atoms with Gasteiger partial charge in [-0.1, -0.05) is 49.6 Å². The van der Waals surface area contributed by atoms with Gasteiger partial charge in [0.15, 0.2) is 0 Å². The fourth-order valence-electron chi connectivity index (χ4n) is 3.21. The topological polar surface area (TPSA) is 108 Å². The fourth-order valence-corrected chi connectivity index (χ4v) is 3.46. The average Bonchev–Trinajstić information content (AvgIpc) is 2.74. The number of thiol groups is 1. The van der Waals surface area contributed by atoms with Gasteiger partial charge in [-0.15, -0.1) is 0 Å². The third-order valence-corrected chi connectivity index (χ3v) is 5.19. The smallest absolute Gasteiger partial charge is 0.408 e. The summed E-state index contributed by atoms with van der Waals surface area (Å²) >= 11 is 4.22. The lowest BCUT2D eigenvalue weighted by atomic mass is 10.0. The standard InChI is InChI=1S/C24H39N3O5S/c1-6-7-8-13-25-21(29)20(18-11-9-17(2)10-12-18)27(14-15-28)22(30)19(16-33)26-23(31)32-24(3,4)5/h9-12,19-20,28,33H,6-8,13-16H2,1-5H3,(H,25,29)(H,26,31). The molecule has 0 fully saturated rings. The molecule has 0 heterocycles. The van der Waals surface area contributed by atoms with Gasteiger partial charge in [0.2, 0.25) is 11.8 Å². The molecule has 9 heteroatoms. The lowest BCUT2D eigenvalue weighted by molar-refractivity contribution is -0.142. The highest BCUT2D eigenvalue weighted by atomic mass is 32.1. The van der Waals surface area contributed by atoms with Crippen LogP contribution in [0.1, 0.15) is 64.1 Å². The number of amides is 3. The van der Waals surface area contributed by atoms with Gasteiger partial charge in [0, 0.05) is 18.8 Å². The average molecular weight is 482 g/mol. The van der Waals surface area contributed by atoms with Gasteiger partial charge in [-0.05, 0) is 39.7 Å². The van der Waals surface area contributed by atoms with E-state index in [1.54, 1.807) is 32.9 Å². The number of benzene rings is 1. The van der Waals surface area contributed by atoms with E-state index in [4.69, 9.17) is 4.74 Å². The molecule has 0 aliphatic carbocycles. The zero-order chi connectivity index (χ0) is 25.0. The maximum Gasteiger partial charge on any atom is 0.408 e. The van der Waals surface area contributed by atoms with Crippen LogP contribution in [0.2, 0.25) is 0 Å². The fraction of sp³-hybridized carbons (Fsp3) is 0.625. The van der Waals surface area contributed by atoms with Crippen LogP contribution in [0.15, 0.2) is 24.3 Å². The number of aryl methyl sites for hydroxylation is 1. The molecule has 8 nitrogen and oxygen atoms in total. The van der Waals surface area contributed by atoms with E-state index in [0.717, 1.165) is 24.8 Å². The molecule has 1 aromatic rings. The molecular weight excluding hydrogens is 442 g/mol. The Balaban J connectivity index is 3.21. The molecule has 2 atom stereocenters. The van der Waals surface area contributed by atoms with Crippen molar-refractivity contribution in [3.8, 4) is 0 Å². The van der Waals surface area contributed by atoms with E-state index < -0.39 is 29.7 Å². The van der Waals surface area contributed by atoms with Crippen molar-refractivity contribution in [1.29, 1.82) is 0 Å². The van der Waals surface area contributed by atoms with Gasteiger partial charge in [0.25, 0.3) is 0 Å². The molecule has 3 N–H and O–H groups in total. The molecule has 1 rings (SSSR count). The van der Waals surface area contributed by atoms with Gasteiger partial charge >= 0.3 is 6.09 Å². The number of nitrogens with zero attached hydrogens (tertiary/aromatic N) is 1. The van der Waals surface area contributed by atoms with Crippen LogP contribution in [-0.4, -0.2) is 65.0 Å². The Labute approximate surface area is 202 Å². The number of hydrogen-bond acceptors (Lipinski definition) is 6. The van der Waals surface area contributed by atoms with Gasteiger partial charge in [-0.25, -0.2) is 4.79 Å². The number of nitrogens with one attached hydrogen (secondary N) is 2. The van der Waals surface area contributed by atoms with Crippen molar-refractivity contribution in [3.63, 3.8) is 0 Å². The van der Waals surface area contributed by atoms with Crippen LogP contribution in [0, 0.1) is 6.92 Å². The highest BCUT2D eigenvalue weighted by Gasteiger charge is 2.35. The number of aliphatic hydroxyl groups excluding tert-OH is 1. The van der Waals surface area contributed by atoms with Gasteiger partial charge in [-0.2, -0.15) is 12.6 Å². The van der Waals surface area contributed by atoms with Crippen LogP contribution in [0.4, 0.5) is 4.79 Å². The Bertz CT molecular complexity index is 764. The maximum atomic E-state index is 13.4. The number of hydrogen-bond donors (Lipinski definition) is 4.